The number of rotatable bonds is 2. The van der Waals surface area contributed by atoms with Gasteiger partial charge < -0.3 is 15.0 Å². The van der Waals surface area contributed by atoms with E-state index in [1.54, 1.807) is 12.1 Å². The minimum atomic E-state index is -1.25. The number of carbonyl (C=O) groups excluding carboxylic acids is 1. The fourth-order valence-corrected chi connectivity index (χ4v) is 1.51. The van der Waals surface area contributed by atoms with Gasteiger partial charge in [-0.3, -0.25) is 0 Å². The molecule has 0 spiro atoms. The van der Waals surface area contributed by atoms with E-state index >= 15 is 0 Å². The smallest absolute Gasteiger partial charge is 0.545 e. The van der Waals surface area contributed by atoms with E-state index in [1.807, 2.05) is 0 Å². The average molecular weight is 254 g/mol. The fourth-order valence-electron chi connectivity index (χ4n) is 1.51. The summed E-state index contributed by atoms with van der Waals surface area (Å²) in [5.41, 5.74) is 0.254. The van der Waals surface area contributed by atoms with E-state index in [4.69, 9.17) is 5.11 Å². The van der Waals surface area contributed by atoms with E-state index < -0.39 is 11.9 Å². The van der Waals surface area contributed by atoms with Crippen LogP contribution in [-0.4, -0.2) is 17.0 Å². The first-order valence-corrected chi connectivity index (χ1v) is 4.56. The molecule has 0 saturated heterocycles. The molecule has 2 rings (SSSR count). The Balaban J connectivity index is 0.00000144. The predicted molar refractivity (Wildman–Crippen MR) is 55.2 cm³/mol. The molecule has 0 unspecified atom stereocenters. The molecule has 80 valence electrons. The van der Waals surface area contributed by atoms with E-state index in [1.165, 1.54) is 24.3 Å². The van der Waals surface area contributed by atoms with Gasteiger partial charge in [-0.2, -0.15) is 0 Å². The van der Waals surface area contributed by atoms with Gasteiger partial charge in [0.05, 0.1) is 11.5 Å². The maximum absolute atomic E-state index is 10.7. The quantitative estimate of drug-likeness (QED) is 0.623. The number of hydrogen-bond acceptors (Lipinski definition) is 3. The van der Waals surface area contributed by atoms with E-state index in [9.17, 15) is 14.7 Å². The SMILES string of the molecule is O=C([O-])c1ccc2cc(C(=O)O)ccc2c1.[K+]. The average Bonchev–Trinajstić information content (AvgIpc) is 2.27. The van der Waals surface area contributed by atoms with Crippen LogP contribution in [0.15, 0.2) is 36.4 Å². The summed E-state index contributed by atoms with van der Waals surface area (Å²) >= 11 is 0. The van der Waals surface area contributed by atoms with E-state index in [0.717, 1.165) is 0 Å². The summed E-state index contributed by atoms with van der Waals surface area (Å²) in [4.78, 5) is 21.3. The molecule has 0 aromatic heterocycles. The first-order valence-electron chi connectivity index (χ1n) is 4.56. The summed E-state index contributed by atoms with van der Waals surface area (Å²) in [6, 6.07) is 8.91. The van der Waals surface area contributed by atoms with Crippen molar-refractivity contribution in [2.24, 2.45) is 0 Å². The van der Waals surface area contributed by atoms with Crippen molar-refractivity contribution in [2.45, 2.75) is 0 Å². The third kappa shape index (κ3) is 3.14. The van der Waals surface area contributed by atoms with Crippen LogP contribution in [0.3, 0.4) is 0 Å². The van der Waals surface area contributed by atoms with E-state index in [2.05, 4.69) is 0 Å². The molecule has 0 fully saturated rings. The zero-order valence-corrected chi connectivity index (χ0v) is 12.3. The zero-order chi connectivity index (χ0) is 11.7. The van der Waals surface area contributed by atoms with E-state index in [0.29, 0.717) is 10.8 Å². The third-order valence-electron chi connectivity index (χ3n) is 2.32. The normalized spacial score (nSPS) is 9.65. The maximum Gasteiger partial charge on any atom is 1.00 e. The van der Waals surface area contributed by atoms with Crippen LogP contribution in [-0.2, 0) is 0 Å². The second-order valence-corrected chi connectivity index (χ2v) is 3.37. The molecule has 0 aliphatic carbocycles. The molecule has 0 bridgehead atoms. The van der Waals surface area contributed by atoms with Crippen LogP contribution in [0.4, 0.5) is 0 Å². The molecule has 0 amide bonds. The van der Waals surface area contributed by atoms with Gasteiger partial charge in [-0.25, -0.2) is 4.79 Å². The van der Waals surface area contributed by atoms with Crippen LogP contribution in [0.25, 0.3) is 10.8 Å². The van der Waals surface area contributed by atoms with Gasteiger partial charge in [0.25, 0.3) is 0 Å². The molecular weight excluding hydrogens is 247 g/mol. The molecule has 5 heteroatoms. The number of aromatic carboxylic acids is 2. The standard InChI is InChI=1S/C12H8O4.K/c13-11(14)9-3-1-7-5-10(12(15)16)4-2-8(7)6-9;/h1-6H,(H,13,14)(H,15,16);/q;+1/p-1. The fraction of sp³-hybridized carbons (Fsp3) is 0. The van der Waals surface area contributed by atoms with Crippen molar-refractivity contribution in [2.75, 3.05) is 0 Å². The van der Waals surface area contributed by atoms with Crippen LogP contribution >= 0.6 is 0 Å². The molecular formula is C12H7KO4. The Morgan fingerprint density at radius 2 is 1.41 bits per heavy atom. The molecule has 2 aromatic rings. The molecule has 0 aliphatic heterocycles. The topological polar surface area (TPSA) is 77.4 Å². The van der Waals surface area contributed by atoms with Gasteiger partial charge in [0.1, 0.15) is 0 Å². The molecule has 17 heavy (non-hydrogen) atoms. The molecule has 0 radical (unpaired) electrons. The largest absolute Gasteiger partial charge is 1.00 e. The van der Waals surface area contributed by atoms with Gasteiger partial charge in [0, 0.05) is 0 Å². The summed E-state index contributed by atoms with van der Waals surface area (Å²) in [7, 11) is 0. The van der Waals surface area contributed by atoms with Crippen LogP contribution in [0.1, 0.15) is 20.7 Å². The van der Waals surface area contributed by atoms with Crippen molar-refractivity contribution in [1.82, 2.24) is 0 Å². The monoisotopic (exact) mass is 254 g/mol. The second-order valence-electron chi connectivity index (χ2n) is 3.37. The Kier molecular flexibility index (Phi) is 4.85. The number of hydrogen-bond donors (Lipinski definition) is 1. The Bertz CT molecular complexity index is 539. The summed E-state index contributed by atoms with van der Waals surface area (Å²) in [5.74, 6) is -2.25. The maximum atomic E-state index is 10.7. The van der Waals surface area contributed by atoms with E-state index in [-0.39, 0.29) is 62.5 Å². The van der Waals surface area contributed by atoms with Gasteiger partial charge in [-0.1, -0.05) is 18.2 Å². The Labute approximate surface area is 140 Å². The van der Waals surface area contributed by atoms with Crippen molar-refractivity contribution >= 4 is 22.7 Å². The number of carboxylic acids is 2. The zero-order valence-electron chi connectivity index (χ0n) is 9.14. The summed E-state index contributed by atoms with van der Waals surface area (Å²) in [5, 5.41) is 20.8. The first-order chi connectivity index (χ1) is 7.58. The number of carbonyl (C=O) groups is 2. The van der Waals surface area contributed by atoms with Gasteiger partial charge in [0.2, 0.25) is 0 Å². The summed E-state index contributed by atoms with van der Waals surface area (Å²) in [6.45, 7) is 0. The van der Waals surface area contributed by atoms with Gasteiger partial charge in [-0.15, -0.1) is 0 Å². The minimum absolute atomic E-state index is 0. The molecule has 0 heterocycles. The summed E-state index contributed by atoms with van der Waals surface area (Å²) in [6.07, 6.45) is 0. The Hall–Kier alpha value is -0.724. The van der Waals surface area contributed by atoms with Crippen LogP contribution in [0, 0.1) is 0 Å². The number of benzene rings is 2. The van der Waals surface area contributed by atoms with Gasteiger partial charge in [-0.05, 0) is 34.5 Å². The molecule has 4 nitrogen and oxygen atoms in total. The number of carboxylic acid groups (broad SMARTS) is 2. The van der Waals surface area contributed by atoms with Crippen LogP contribution in [0.2, 0.25) is 0 Å². The van der Waals surface area contributed by atoms with Crippen molar-refractivity contribution in [3.8, 4) is 0 Å². The Morgan fingerprint density at radius 1 is 0.941 bits per heavy atom. The predicted octanol–water partition coefficient (Wildman–Crippen LogP) is -2.09. The number of fused-ring (bicyclic) bond motifs is 1. The van der Waals surface area contributed by atoms with Crippen LogP contribution < -0.4 is 56.5 Å². The van der Waals surface area contributed by atoms with Crippen molar-refractivity contribution in [1.29, 1.82) is 0 Å². The molecule has 2 aromatic carbocycles. The molecule has 0 atom stereocenters. The molecule has 0 saturated carbocycles. The van der Waals surface area contributed by atoms with Gasteiger partial charge in [0.15, 0.2) is 0 Å². The molecule has 0 aliphatic rings. The van der Waals surface area contributed by atoms with Crippen molar-refractivity contribution in [3.05, 3.63) is 47.5 Å². The minimum Gasteiger partial charge on any atom is -0.545 e. The van der Waals surface area contributed by atoms with Crippen molar-refractivity contribution in [3.63, 3.8) is 0 Å². The molecule has 1 N–H and O–H groups in total. The first kappa shape index (κ1) is 14.3. The second kappa shape index (κ2) is 5.75. The van der Waals surface area contributed by atoms with Crippen LogP contribution in [0.5, 0.6) is 0 Å². The third-order valence-corrected chi connectivity index (χ3v) is 2.32. The Morgan fingerprint density at radius 3 is 1.88 bits per heavy atom. The summed E-state index contributed by atoms with van der Waals surface area (Å²) < 4.78 is 0. The van der Waals surface area contributed by atoms with Gasteiger partial charge >= 0.3 is 57.4 Å². The van der Waals surface area contributed by atoms with Crippen molar-refractivity contribution < 1.29 is 71.2 Å².